The van der Waals surface area contributed by atoms with Gasteiger partial charge in [-0.1, -0.05) is 23.7 Å². The van der Waals surface area contributed by atoms with Crippen LogP contribution in [0.4, 0.5) is 0 Å². The third kappa shape index (κ3) is 2.64. The lowest BCUT2D eigenvalue weighted by Gasteiger charge is -2.15. The van der Waals surface area contributed by atoms with Gasteiger partial charge in [-0.3, -0.25) is 4.79 Å². The highest BCUT2D eigenvalue weighted by Gasteiger charge is 2.22. The molecule has 0 saturated carbocycles. The topological polar surface area (TPSA) is 63.3 Å². The molecule has 2 atom stereocenters. The van der Waals surface area contributed by atoms with Crippen LogP contribution in [0.25, 0.3) is 0 Å². The molecule has 3 nitrogen and oxygen atoms in total. The molecule has 3 N–H and O–H groups in total. The molecule has 0 radical (unpaired) electrons. The van der Waals surface area contributed by atoms with Gasteiger partial charge in [0, 0.05) is 5.02 Å². The Hall–Kier alpha value is -0.710. The summed E-state index contributed by atoms with van der Waals surface area (Å²) in [5, 5.41) is 8.74. The van der Waals surface area contributed by atoms with Crippen molar-refractivity contribution in [3.8, 4) is 0 Å². The molecule has 1 aromatic carbocycles. The van der Waals surface area contributed by atoms with E-state index in [1.807, 2.05) is 0 Å². The SMILES string of the molecule is NC(C(=O)O)C(S)c1ccc(Cl)cc1. The highest BCUT2D eigenvalue weighted by atomic mass is 35.5. The zero-order valence-corrected chi connectivity index (χ0v) is 8.87. The number of thiol groups is 1. The summed E-state index contributed by atoms with van der Waals surface area (Å²) in [6, 6.07) is 5.76. The smallest absolute Gasteiger partial charge is 0.321 e. The molecule has 0 saturated heterocycles. The molecular formula is C9H10ClNO2S. The maximum Gasteiger partial charge on any atom is 0.321 e. The van der Waals surface area contributed by atoms with E-state index < -0.39 is 17.3 Å². The molecule has 76 valence electrons. The molecule has 0 aliphatic heterocycles. The van der Waals surface area contributed by atoms with E-state index in [9.17, 15) is 4.79 Å². The van der Waals surface area contributed by atoms with E-state index in [0.29, 0.717) is 5.02 Å². The Morgan fingerprint density at radius 1 is 1.43 bits per heavy atom. The predicted octanol–water partition coefficient (Wildman–Crippen LogP) is 1.72. The van der Waals surface area contributed by atoms with Crippen LogP contribution in [0.3, 0.4) is 0 Å². The number of carboxylic acid groups (broad SMARTS) is 1. The van der Waals surface area contributed by atoms with Crippen LogP contribution < -0.4 is 5.73 Å². The van der Waals surface area contributed by atoms with Crippen LogP contribution in [-0.4, -0.2) is 17.1 Å². The highest BCUT2D eigenvalue weighted by Crippen LogP contribution is 2.24. The van der Waals surface area contributed by atoms with Crippen molar-refractivity contribution in [1.29, 1.82) is 0 Å². The lowest BCUT2D eigenvalue weighted by atomic mass is 10.1. The molecular weight excluding hydrogens is 222 g/mol. The largest absolute Gasteiger partial charge is 0.480 e. The van der Waals surface area contributed by atoms with Crippen molar-refractivity contribution < 1.29 is 9.90 Å². The van der Waals surface area contributed by atoms with Gasteiger partial charge in [0.2, 0.25) is 0 Å². The Morgan fingerprint density at radius 2 is 1.93 bits per heavy atom. The number of halogens is 1. The summed E-state index contributed by atoms with van der Waals surface area (Å²) < 4.78 is 0. The second-order valence-corrected chi connectivity index (χ2v) is 3.85. The third-order valence-electron chi connectivity index (χ3n) is 1.84. The summed E-state index contributed by atoms with van der Waals surface area (Å²) in [5.74, 6) is -1.07. The fraction of sp³-hybridized carbons (Fsp3) is 0.222. The van der Waals surface area contributed by atoms with Crippen molar-refractivity contribution in [1.82, 2.24) is 0 Å². The van der Waals surface area contributed by atoms with E-state index in [1.165, 1.54) is 0 Å². The summed E-state index contributed by atoms with van der Waals surface area (Å²) in [5.41, 5.74) is 6.16. The summed E-state index contributed by atoms with van der Waals surface area (Å²) >= 11 is 9.83. The molecule has 0 aliphatic rings. The quantitative estimate of drug-likeness (QED) is 0.695. The molecule has 0 bridgehead atoms. The molecule has 1 rings (SSSR count). The van der Waals surface area contributed by atoms with Crippen molar-refractivity contribution in [2.45, 2.75) is 11.3 Å². The van der Waals surface area contributed by atoms with E-state index in [4.69, 9.17) is 22.4 Å². The monoisotopic (exact) mass is 231 g/mol. The summed E-state index contributed by atoms with van der Waals surface area (Å²) in [4.78, 5) is 10.6. The van der Waals surface area contributed by atoms with Gasteiger partial charge in [-0.2, -0.15) is 12.6 Å². The van der Waals surface area contributed by atoms with Crippen LogP contribution >= 0.6 is 24.2 Å². The number of aliphatic carboxylic acids is 1. The zero-order chi connectivity index (χ0) is 10.7. The van der Waals surface area contributed by atoms with Crippen LogP contribution in [0.1, 0.15) is 10.8 Å². The molecule has 0 spiro atoms. The molecule has 2 unspecified atom stereocenters. The summed E-state index contributed by atoms with van der Waals surface area (Å²) in [6.07, 6.45) is 0. The first-order valence-electron chi connectivity index (χ1n) is 3.94. The first kappa shape index (κ1) is 11.4. The molecule has 0 aliphatic carbocycles. The molecule has 5 heteroatoms. The van der Waals surface area contributed by atoms with Crippen LogP contribution in [0.15, 0.2) is 24.3 Å². The first-order valence-corrected chi connectivity index (χ1v) is 4.83. The first-order chi connectivity index (χ1) is 6.52. The number of hydrogen-bond donors (Lipinski definition) is 3. The Kier molecular flexibility index (Phi) is 3.80. The fourth-order valence-corrected chi connectivity index (χ4v) is 1.43. The average molecular weight is 232 g/mol. The van der Waals surface area contributed by atoms with Crippen LogP contribution in [0, 0.1) is 0 Å². The van der Waals surface area contributed by atoms with Gasteiger partial charge in [0.1, 0.15) is 6.04 Å². The van der Waals surface area contributed by atoms with Crippen LogP contribution in [0.2, 0.25) is 5.02 Å². The van der Waals surface area contributed by atoms with E-state index in [0.717, 1.165) is 5.56 Å². The van der Waals surface area contributed by atoms with E-state index in [-0.39, 0.29) is 0 Å². The normalized spacial score (nSPS) is 14.8. The summed E-state index contributed by atoms with van der Waals surface area (Å²) in [6.45, 7) is 0. The Labute approximate surface area is 92.3 Å². The van der Waals surface area contributed by atoms with Gasteiger partial charge in [0.15, 0.2) is 0 Å². The van der Waals surface area contributed by atoms with E-state index in [2.05, 4.69) is 12.6 Å². The number of rotatable bonds is 3. The Morgan fingerprint density at radius 3 is 2.36 bits per heavy atom. The second-order valence-electron chi connectivity index (χ2n) is 2.86. The van der Waals surface area contributed by atoms with E-state index >= 15 is 0 Å². The number of hydrogen-bond acceptors (Lipinski definition) is 3. The lowest BCUT2D eigenvalue weighted by molar-refractivity contribution is -0.138. The van der Waals surface area contributed by atoms with Gasteiger partial charge >= 0.3 is 5.97 Å². The van der Waals surface area contributed by atoms with Gasteiger partial charge in [-0.15, -0.1) is 0 Å². The number of nitrogens with two attached hydrogens (primary N) is 1. The zero-order valence-electron chi connectivity index (χ0n) is 7.22. The number of benzene rings is 1. The number of carboxylic acids is 1. The fourth-order valence-electron chi connectivity index (χ4n) is 1.00. The Bertz CT molecular complexity index is 328. The van der Waals surface area contributed by atoms with Gasteiger partial charge in [-0.25, -0.2) is 0 Å². The van der Waals surface area contributed by atoms with Gasteiger partial charge in [0.25, 0.3) is 0 Å². The van der Waals surface area contributed by atoms with Crippen molar-refractivity contribution >= 4 is 30.2 Å². The third-order valence-corrected chi connectivity index (χ3v) is 2.71. The Balaban J connectivity index is 2.84. The van der Waals surface area contributed by atoms with Gasteiger partial charge in [-0.05, 0) is 17.7 Å². The van der Waals surface area contributed by atoms with Crippen LogP contribution in [-0.2, 0) is 4.79 Å². The van der Waals surface area contributed by atoms with Gasteiger partial charge in [0.05, 0.1) is 5.25 Å². The molecule has 1 aromatic rings. The molecule has 0 fully saturated rings. The lowest BCUT2D eigenvalue weighted by Crippen LogP contribution is -2.34. The number of carbonyl (C=O) groups is 1. The highest BCUT2D eigenvalue weighted by molar-refractivity contribution is 7.80. The minimum absolute atomic E-state index is 0.523. The second kappa shape index (κ2) is 4.68. The standard InChI is InChI=1S/C9H10ClNO2S/c10-6-3-1-5(2-4-6)8(14)7(11)9(12)13/h1-4,7-8,14H,11H2,(H,12,13). The molecule has 0 heterocycles. The minimum Gasteiger partial charge on any atom is -0.480 e. The van der Waals surface area contributed by atoms with Gasteiger partial charge < -0.3 is 10.8 Å². The van der Waals surface area contributed by atoms with Crippen LogP contribution in [0.5, 0.6) is 0 Å². The van der Waals surface area contributed by atoms with Crippen molar-refractivity contribution in [2.24, 2.45) is 5.73 Å². The molecule has 14 heavy (non-hydrogen) atoms. The molecule has 0 aromatic heterocycles. The van der Waals surface area contributed by atoms with Crippen molar-refractivity contribution in [2.75, 3.05) is 0 Å². The maximum atomic E-state index is 10.6. The maximum absolute atomic E-state index is 10.6. The average Bonchev–Trinajstić information content (AvgIpc) is 2.16. The van der Waals surface area contributed by atoms with E-state index in [1.54, 1.807) is 24.3 Å². The van der Waals surface area contributed by atoms with Crippen molar-refractivity contribution in [3.63, 3.8) is 0 Å². The predicted molar refractivity (Wildman–Crippen MR) is 58.8 cm³/mol. The molecule has 0 amide bonds. The minimum atomic E-state index is -1.07. The summed E-state index contributed by atoms with van der Waals surface area (Å²) in [7, 11) is 0. The van der Waals surface area contributed by atoms with Crippen molar-refractivity contribution in [3.05, 3.63) is 34.9 Å².